The molecule has 5 nitrogen and oxygen atoms in total. The van der Waals surface area contributed by atoms with E-state index in [4.69, 9.17) is 10.5 Å². The van der Waals surface area contributed by atoms with Crippen molar-refractivity contribution in [1.82, 2.24) is 0 Å². The lowest BCUT2D eigenvalue weighted by Gasteiger charge is -2.28. The second kappa shape index (κ2) is 8.10. The molecule has 0 bridgehead atoms. The number of amides is 1. The fourth-order valence-electron chi connectivity index (χ4n) is 2.86. The van der Waals surface area contributed by atoms with Gasteiger partial charge in [-0.15, -0.1) is 0 Å². The van der Waals surface area contributed by atoms with Gasteiger partial charge in [-0.2, -0.15) is 8.78 Å². The average Bonchev–Trinajstić information content (AvgIpc) is 2.51. The predicted molar refractivity (Wildman–Crippen MR) is 82.8 cm³/mol. The lowest BCUT2D eigenvalue weighted by atomic mass is 9.83. The van der Waals surface area contributed by atoms with Crippen LogP contribution in [-0.4, -0.2) is 25.7 Å². The summed E-state index contributed by atoms with van der Waals surface area (Å²) in [6.07, 6.45) is 4.24. The topological polar surface area (TPSA) is 73.6 Å². The van der Waals surface area contributed by atoms with E-state index in [1.807, 2.05) is 0 Å². The van der Waals surface area contributed by atoms with Crippen molar-refractivity contribution in [3.8, 4) is 11.5 Å². The third-order valence-corrected chi connectivity index (χ3v) is 4.09. The van der Waals surface area contributed by atoms with Crippen LogP contribution in [0.4, 0.5) is 14.5 Å². The van der Waals surface area contributed by atoms with Crippen LogP contribution in [0.5, 0.6) is 11.5 Å². The van der Waals surface area contributed by atoms with Gasteiger partial charge < -0.3 is 20.5 Å². The average molecular weight is 328 g/mol. The van der Waals surface area contributed by atoms with Gasteiger partial charge in [-0.3, -0.25) is 4.79 Å². The second-order valence-electron chi connectivity index (χ2n) is 5.70. The van der Waals surface area contributed by atoms with E-state index < -0.39 is 6.61 Å². The monoisotopic (exact) mass is 328 g/mol. The number of carbonyl (C=O) groups excluding carboxylic acids is 1. The fourth-order valence-corrected chi connectivity index (χ4v) is 2.86. The molecule has 128 valence electrons. The maximum atomic E-state index is 12.5. The Hall–Kier alpha value is -1.89. The van der Waals surface area contributed by atoms with Crippen LogP contribution in [-0.2, 0) is 4.79 Å². The molecule has 23 heavy (non-hydrogen) atoms. The summed E-state index contributed by atoms with van der Waals surface area (Å²) in [5.41, 5.74) is 6.20. The van der Waals surface area contributed by atoms with Crippen LogP contribution >= 0.6 is 0 Å². The lowest BCUT2D eigenvalue weighted by molar-refractivity contribution is -0.117. The third kappa shape index (κ3) is 5.06. The minimum absolute atomic E-state index is 0.0107. The molecule has 1 amide bonds. The Bertz CT molecular complexity index is 540. The number of hydrogen-bond donors (Lipinski definition) is 2. The molecule has 7 heteroatoms. The molecule has 1 aliphatic carbocycles. The Kier molecular flexibility index (Phi) is 6.15. The van der Waals surface area contributed by atoms with Crippen molar-refractivity contribution < 1.29 is 23.0 Å². The van der Waals surface area contributed by atoms with E-state index in [9.17, 15) is 13.6 Å². The first-order valence-corrected chi connectivity index (χ1v) is 7.68. The van der Waals surface area contributed by atoms with Gasteiger partial charge >= 0.3 is 6.61 Å². The van der Waals surface area contributed by atoms with Crippen LogP contribution in [0.2, 0.25) is 0 Å². The lowest BCUT2D eigenvalue weighted by Crippen LogP contribution is -2.35. The predicted octanol–water partition coefficient (Wildman–Crippen LogP) is 3.14. The third-order valence-electron chi connectivity index (χ3n) is 4.09. The van der Waals surface area contributed by atoms with E-state index in [0.717, 1.165) is 25.7 Å². The Morgan fingerprint density at radius 3 is 2.78 bits per heavy atom. The summed E-state index contributed by atoms with van der Waals surface area (Å²) < 4.78 is 34.4. The van der Waals surface area contributed by atoms with Gasteiger partial charge in [0.1, 0.15) is 11.5 Å². The van der Waals surface area contributed by atoms with E-state index >= 15 is 0 Å². The molecule has 0 aliphatic heterocycles. The van der Waals surface area contributed by atoms with Crippen LogP contribution in [0.25, 0.3) is 0 Å². The number of alkyl halides is 2. The highest BCUT2D eigenvalue weighted by atomic mass is 19.3. The molecular weight excluding hydrogens is 306 g/mol. The first-order chi connectivity index (χ1) is 11.0. The molecule has 1 saturated carbocycles. The van der Waals surface area contributed by atoms with Gasteiger partial charge in [-0.1, -0.05) is 12.8 Å². The maximum absolute atomic E-state index is 12.5. The molecule has 0 spiro atoms. The van der Waals surface area contributed by atoms with Crippen molar-refractivity contribution >= 4 is 11.6 Å². The van der Waals surface area contributed by atoms with Crippen molar-refractivity contribution in [3.05, 3.63) is 18.2 Å². The van der Waals surface area contributed by atoms with E-state index in [0.29, 0.717) is 5.75 Å². The Morgan fingerprint density at radius 1 is 1.39 bits per heavy atom. The SMILES string of the molecule is COc1ccc(OC(F)F)c(NC(=O)CC2CCCCC2N)c1. The first-order valence-electron chi connectivity index (χ1n) is 7.68. The standard InChI is InChI=1S/C16H22F2N2O3/c1-22-11-6-7-14(23-16(17)18)13(9-11)20-15(21)8-10-4-2-3-5-12(10)19/h6-7,9-10,12,16H,2-5,8,19H2,1H3,(H,20,21). The summed E-state index contributed by atoms with van der Waals surface area (Å²) in [6.45, 7) is -2.97. The molecule has 0 aromatic heterocycles. The Morgan fingerprint density at radius 2 is 2.13 bits per heavy atom. The summed E-state index contributed by atoms with van der Waals surface area (Å²) in [5, 5.41) is 2.63. The number of rotatable bonds is 6. The molecule has 2 rings (SSSR count). The number of halogens is 2. The van der Waals surface area contributed by atoms with E-state index in [2.05, 4.69) is 10.1 Å². The summed E-state index contributed by atoms with van der Waals surface area (Å²) >= 11 is 0. The smallest absolute Gasteiger partial charge is 0.387 e. The summed E-state index contributed by atoms with van der Waals surface area (Å²) in [6, 6.07) is 4.30. The molecule has 0 saturated heterocycles. The molecule has 1 aromatic rings. The van der Waals surface area contributed by atoms with Crippen molar-refractivity contribution in [3.63, 3.8) is 0 Å². The van der Waals surface area contributed by atoms with Crippen molar-refractivity contribution in [2.24, 2.45) is 11.7 Å². The number of nitrogens with two attached hydrogens (primary N) is 1. The largest absolute Gasteiger partial charge is 0.497 e. The van der Waals surface area contributed by atoms with Gasteiger partial charge in [0.05, 0.1) is 12.8 Å². The number of benzene rings is 1. The molecule has 1 aliphatic rings. The van der Waals surface area contributed by atoms with Gasteiger partial charge in [-0.05, 0) is 30.9 Å². The van der Waals surface area contributed by atoms with Crippen molar-refractivity contribution in [1.29, 1.82) is 0 Å². The van der Waals surface area contributed by atoms with Crippen LogP contribution < -0.4 is 20.5 Å². The summed E-state index contributed by atoms with van der Waals surface area (Å²) in [4.78, 5) is 12.2. The molecule has 1 aromatic carbocycles. The van der Waals surface area contributed by atoms with Crippen molar-refractivity contribution in [2.75, 3.05) is 12.4 Å². The van der Waals surface area contributed by atoms with Crippen LogP contribution in [0.1, 0.15) is 32.1 Å². The summed E-state index contributed by atoms with van der Waals surface area (Å²) in [5.74, 6) is 0.201. The van der Waals surface area contributed by atoms with E-state index in [1.54, 1.807) is 0 Å². The van der Waals surface area contributed by atoms with E-state index in [-0.39, 0.29) is 35.7 Å². The molecule has 2 atom stereocenters. The van der Waals surface area contributed by atoms with Crippen LogP contribution in [0.15, 0.2) is 18.2 Å². The zero-order chi connectivity index (χ0) is 16.8. The van der Waals surface area contributed by atoms with Crippen LogP contribution in [0.3, 0.4) is 0 Å². The zero-order valence-electron chi connectivity index (χ0n) is 13.1. The molecule has 2 unspecified atom stereocenters. The van der Waals surface area contributed by atoms with E-state index in [1.165, 1.54) is 25.3 Å². The minimum atomic E-state index is -2.97. The number of anilines is 1. The number of nitrogens with one attached hydrogen (secondary N) is 1. The molecular formula is C16H22F2N2O3. The van der Waals surface area contributed by atoms with Gasteiger partial charge in [0.25, 0.3) is 0 Å². The quantitative estimate of drug-likeness (QED) is 0.841. The highest BCUT2D eigenvalue weighted by Crippen LogP contribution is 2.31. The van der Waals surface area contributed by atoms with Gasteiger partial charge in [-0.25, -0.2) is 0 Å². The minimum Gasteiger partial charge on any atom is -0.497 e. The fraction of sp³-hybridized carbons (Fsp3) is 0.562. The Balaban J connectivity index is 2.06. The second-order valence-corrected chi connectivity index (χ2v) is 5.70. The molecule has 3 N–H and O–H groups in total. The first kappa shape index (κ1) is 17.5. The normalized spacial score (nSPS) is 21.1. The zero-order valence-corrected chi connectivity index (χ0v) is 13.1. The van der Waals surface area contributed by atoms with Crippen LogP contribution in [0, 0.1) is 5.92 Å². The number of hydrogen-bond acceptors (Lipinski definition) is 4. The molecule has 0 heterocycles. The van der Waals surface area contributed by atoms with Gasteiger partial charge in [0, 0.05) is 18.5 Å². The van der Waals surface area contributed by atoms with Gasteiger partial charge in [0.15, 0.2) is 0 Å². The number of carbonyl (C=O) groups is 1. The maximum Gasteiger partial charge on any atom is 0.387 e. The number of ether oxygens (including phenoxy) is 2. The number of methoxy groups -OCH3 is 1. The molecule has 1 fully saturated rings. The highest BCUT2D eigenvalue weighted by molar-refractivity contribution is 5.92. The van der Waals surface area contributed by atoms with Gasteiger partial charge in [0.2, 0.25) is 5.91 Å². The summed E-state index contributed by atoms with van der Waals surface area (Å²) in [7, 11) is 1.45. The highest BCUT2D eigenvalue weighted by Gasteiger charge is 2.24. The van der Waals surface area contributed by atoms with Crippen molar-refractivity contribution in [2.45, 2.75) is 44.8 Å². The molecule has 0 radical (unpaired) electrons. The Labute approximate surface area is 134 Å².